The normalized spacial score (nSPS) is 29.2. The smallest absolute Gasteiger partial charge is 0.314 e. The van der Waals surface area contributed by atoms with Crippen LogP contribution in [0.15, 0.2) is 0 Å². The van der Waals surface area contributed by atoms with E-state index < -0.39 is 9.84 Å². The lowest BCUT2D eigenvalue weighted by Gasteiger charge is -2.33. The van der Waals surface area contributed by atoms with Crippen molar-refractivity contribution in [1.29, 1.82) is 0 Å². The van der Waals surface area contributed by atoms with Gasteiger partial charge in [0.15, 0.2) is 9.84 Å². The number of amides is 2. The number of sulfone groups is 1. The van der Waals surface area contributed by atoms with Crippen LogP contribution in [0.25, 0.3) is 0 Å². The van der Waals surface area contributed by atoms with E-state index in [-0.39, 0.29) is 23.5 Å². The van der Waals surface area contributed by atoms with Crippen LogP contribution in [0.3, 0.4) is 0 Å². The van der Waals surface area contributed by atoms with Crippen LogP contribution < -0.4 is 10.6 Å². The quantitative estimate of drug-likeness (QED) is 0.778. The summed E-state index contributed by atoms with van der Waals surface area (Å²) in [6.45, 7) is 5.32. The first-order valence-electron chi connectivity index (χ1n) is 7.92. The summed E-state index contributed by atoms with van der Waals surface area (Å²) in [6, 6.07) is 0.413. The minimum Gasteiger partial charge on any atom is -0.338 e. The molecule has 0 aromatic carbocycles. The lowest BCUT2D eigenvalue weighted by Crippen LogP contribution is -2.45. The molecular weight excluding hydrogens is 290 g/mol. The highest BCUT2D eigenvalue weighted by molar-refractivity contribution is 7.91. The summed E-state index contributed by atoms with van der Waals surface area (Å²) < 4.78 is 22.7. The highest BCUT2D eigenvalue weighted by Crippen LogP contribution is 2.17. The number of nitrogens with zero attached hydrogens (tertiary/aromatic N) is 1. The molecule has 0 unspecified atom stereocenters. The Morgan fingerprint density at radius 3 is 2.71 bits per heavy atom. The molecule has 21 heavy (non-hydrogen) atoms. The molecule has 0 bridgehead atoms. The number of piperidine rings is 1. The summed E-state index contributed by atoms with van der Waals surface area (Å²) in [6.07, 6.45) is 4.44. The lowest BCUT2D eigenvalue weighted by atomic mass is 10.0. The Morgan fingerprint density at radius 2 is 2.05 bits per heavy atom. The minimum absolute atomic E-state index is 0.0721. The van der Waals surface area contributed by atoms with Crippen molar-refractivity contribution in [3.63, 3.8) is 0 Å². The molecule has 2 aliphatic heterocycles. The maximum Gasteiger partial charge on any atom is 0.314 e. The van der Waals surface area contributed by atoms with Gasteiger partial charge in [0.1, 0.15) is 0 Å². The lowest BCUT2D eigenvalue weighted by molar-refractivity contribution is 0.161. The van der Waals surface area contributed by atoms with Crippen LogP contribution in [-0.4, -0.2) is 63.1 Å². The molecular formula is C14H27N3O3S. The van der Waals surface area contributed by atoms with Gasteiger partial charge >= 0.3 is 6.03 Å². The number of hydrogen-bond donors (Lipinski definition) is 2. The molecule has 0 aromatic heterocycles. The topological polar surface area (TPSA) is 78.5 Å². The number of carbonyl (C=O) groups excluding carboxylic acids is 1. The largest absolute Gasteiger partial charge is 0.338 e. The molecule has 2 rings (SSSR count). The van der Waals surface area contributed by atoms with Gasteiger partial charge in [0.05, 0.1) is 11.5 Å². The van der Waals surface area contributed by atoms with Gasteiger partial charge in [-0.2, -0.15) is 0 Å². The molecule has 122 valence electrons. The standard InChI is InChI=1S/C14H27N3O3S/c1-12-4-2-3-7-17(12)8-6-15-14(18)16-10-13-5-9-21(19,20)11-13/h12-13H,2-11H2,1H3,(H2,15,16,18)/t12-,13+/m1/s1. The van der Waals surface area contributed by atoms with E-state index in [4.69, 9.17) is 0 Å². The summed E-state index contributed by atoms with van der Waals surface area (Å²) in [5.74, 6) is 0.537. The van der Waals surface area contributed by atoms with Crippen LogP contribution in [0.2, 0.25) is 0 Å². The molecule has 0 aromatic rings. The Labute approximate surface area is 127 Å². The van der Waals surface area contributed by atoms with Crippen molar-refractivity contribution in [2.75, 3.05) is 37.7 Å². The first-order chi connectivity index (χ1) is 9.96. The van der Waals surface area contributed by atoms with Gasteiger partial charge in [-0.15, -0.1) is 0 Å². The average molecular weight is 317 g/mol. The monoisotopic (exact) mass is 317 g/mol. The highest BCUT2D eigenvalue weighted by Gasteiger charge is 2.27. The third kappa shape index (κ3) is 5.47. The molecule has 6 nitrogen and oxygen atoms in total. The van der Waals surface area contributed by atoms with Gasteiger partial charge in [-0.1, -0.05) is 6.42 Å². The summed E-state index contributed by atoms with van der Waals surface area (Å²) in [4.78, 5) is 14.1. The second-order valence-corrected chi connectivity index (χ2v) is 8.52. The molecule has 2 saturated heterocycles. The third-order valence-corrected chi connectivity index (χ3v) is 6.34. The zero-order valence-electron chi connectivity index (χ0n) is 12.8. The highest BCUT2D eigenvalue weighted by atomic mass is 32.2. The number of hydrogen-bond acceptors (Lipinski definition) is 4. The van der Waals surface area contributed by atoms with Crippen molar-refractivity contribution in [2.24, 2.45) is 5.92 Å². The molecule has 2 aliphatic rings. The number of nitrogens with one attached hydrogen (secondary N) is 2. The Morgan fingerprint density at radius 1 is 1.24 bits per heavy atom. The van der Waals surface area contributed by atoms with Gasteiger partial charge in [0.2, 0.25) is 0 Å². The van der Waals surface area contributed by atoms with E-state index in [2.05, 4.69) is 22.5 Å². The number of rotatable bonds is 5. The van der Waals surface area contributed by atoms with Crippen molar-refractivity contribution in [3.8, 4) is 0 Å². The molecule has 2 heterocycles. The number of carbonyl (C=O) groups is 1. The van der Waals surface area contributed by atoms with E-state index >= 15 is 0 Å². The van der Waals surface area contributed by atoms with Crippen LogP contribution in [-0.2, 0) is 9.84 Å². The average Bonchev–Trinajstić information content (AvgIpc) is 2.78. The van der Waals surface area contributed by atoms with Gasteiger partial charge in [-0.25, -0.2) is 13.2 Å². The van der Waals surface area contributed by atoms with E-state index in [9.17, 15) is 13.2 Å². The maximum atomic E-state index is 11.7. The second kappa shape index (κ2) is 7.45. The van der Waals surface area contributed by atoms with Gasteiger partial charge in [-0.3, -0.25) is 4.90 Å². The third-order valence-electron chi connectivity index (χ3n) is 4.50. The number of urea groups is 1. The summed E-state index contributed by atoms with van der Waals surface area (Å²) in [5.41, 5.74) is 0. The van der Waals surface area contributed by atoms with Crippen molar-refractivity contribution < 1.29 is 13.2 Å². The predicted molar refractivity (Wildman–Crippen MR) is 83.0 cm³/mol. The Bertz CT molecular complexity index is 452. The zero-order chi connectivity index (χ0) is 15.3. The first-order valence-corrected chi connectivity index (χ1v) is 9.74. The summed E-state index contributed by atoms with van der Waals surface area (Å²) >= 11 is 0. The van der Waals surface area contributed by atoms with Crippen molar-refractivity contribution in [1.82, 2.24) is 15.5 Å². The molecule has 0 spiro atoms. The molecule has 0 radical (unpaired) electrons. The van der Waals surface area contributed by atoms with Crippen molar-refractivity contribution in [3.05, 3.63) is 0 Å². The fourth-order valence-electron chi connectivity index (χ4n) is 3.14. The maximum absolute atomic E-state index is 11.7. The molecule has 2 amide bonds. The SMILES string of the molecule is C[C@@H]1CCCCN1CCNC(=O)NC[C@@H]1CCS(=O)(=O)C1. The minimum atomic E-state index is -2.86. The summed E-state index contributed by atoms with van der Waals surface area (Å²) in [5, 5.41) is 5.63. The van der Waals surface area contributed by atoms with Gasteiger partial charge < -0.3 is 10.6 Å². The number of likely N-dealkylation sites (tertiary alicyclic amines) is 1. The van der Waals surface area contributed by atoms with Crippen LogP contribution in [0.5, 0.6) is 0 Å². The van der Waals surface area contributed by atoms with Crippen LogP contribution in [0.1, 0.15) is 32.6 Å². The Balaban J connectivity index is 1.57. The van der Waals surface area contributed by atoms with Gasteiger partial charge in [0.25, 0.3) is 0 Å². The molecule has 0 aliphatic carbocycles. The second-order valence-electron chi connectivity index (χ2n) is 6.29. The van der Waals surface area contributed by atoms with Crippen molar-refractivity contribution >= 4 is 15.9 Å². The Kier molecular flexibility index (Phi) is 5.87. The van der Waals surface area contributed by atoms with Crippen LogP contribution in [0.4, 0.5) is 4.79 Å². The van der Waals surface area contributed by atoms with E-state index in [0.29, 0.717) is 25.6 Å². The fraction of sp³-hybridized carbons (Fsp3) is 0.929. The molecule has 2 N–H and O–H groups in total. The van der Waals surface area contributed by atoms with Crippen molar-refractivity contribution in [2.45, 2.75) is 38.6 Å². The zero-order valence-corrected chi connectivity index (χ0v) is 13.6. The molecule has 0 saturated carbocycles. The van der Waals surface area contributed by atoms with E-state index in [1.807, 2.05) is 0 Å². The van der Waals surface area contributed by atoms with Crippen LogP contribution >= 0.6 is 0 Å². The van der Waals surface area contributed by atoms with Gasteiger partial charge in [-0.05, 0) is 38.6 Å². The van der Waals surface area contributed by atoms with E-state index in [0.717, 1.165) is 13.1 Å². The Hall–Kier alpha value is -0.820. The predicted octanol–water partition coefficient (Wildman–Crippen LogP) is 0.595. The van der Waals surface area contributed by atoms with E-state index in [1.54, 1.807) is 0 Å². The fourth-order valence-corrected chi connectivity index (χ4v) is 5.00. The van der Waals surface area contributed by atoms with Gasteiger partial charge in [0, 0.05) is 25.7 Å². The van der Waals surface area contributed by atoms with Crippen LogP contribution in [0, 0.1) is 5.92 Å². The molecule has 2 fully saturated rings. The summed E-state index contributed by atoms with van der Waals surface area (Å²) in [7, 11) is -2.86. The van der Waals surface area contributed by atoms with E-state index in [1.165, 1.54) is 19.3 Å². The molecule has 7 heteroatoms. The molecule has 2 atom stereocenters. The first kappa shape index (κ1) is 16.5.